The summed E-state index contributed by atoms with van der Waals surface area (Å²) >= 11 is 0. The molecule has 0 radical (unpaired) electrons. The first kappa shape index (κ1) is 14.8. The van der Waals surface area contributed by atoms with E-state index in [1.165, 1.54) is 0 Å². The molecule has 1 aromatic heterocycles. The summed E-state index contributed by atoms with van der Waals surface area (Å²) in [4.78, 5) is 24.5. The van der Waals surface area contributed by atoms with Gasteiger partial charge >= 0.3 is 0 Å². The lowest BCUT2D eigenvalue weighted by Gasteiger charge is -2.37. The highest BCUT2D eigenvalue weighted by Crippen LogP contribution is 2.21. The van der Waals surface area contributed by atoms with E-state index in [1.54, 1.807) is 6.92 Å². The number of hydrogen-bond donors (Lipinski definition) is 0. The van der Waals surface area contributed by atoms with Gasteiger partial charge in [0, 0.05) is 44.9 Å². The maximum absolute atomic E-state index is 11.4. The van der Waals surface area contributed by atoms with Gasteiger partial charge in [-0.25, -0.2) is 9.97 Å². The van der Waals surface area contributed by atoms with Crippen LogP contribution in [0.15, 0.2) is 6.07 Å². The highest BCUT2D eigenvalue weighted by molar-refractivity contribution is 5.73. The summed E-state index contributed by atoms with van der Waals surface area (Å²) in [6.45, 7) is 7.58. The van der Waals surface area contributed by atoms with Crippen molar-refractivity contribution < 1.29 is 4.79 Å². The number of rotatable bonds is 3. The molecule has 110 valence electrons. The van der Waals surface area contributed by atoms with E-state index in [9.17, 15) is 4.79 Å². The molecule has 1 aromatic rings. The first-order chi connectivity index (χ1) is 9.51. The molecule has 1 saturated heterocycles. The van der Waals surface area contributed by atoms with Crippen molar-refractivity contribution in [2.75, 3.05) is 25.0 Å². The van der Waals surface area contributed by atoms with Crippen LogP contribution in [0.1, 0.15) is 38.2 Å². The van der Waals surface area contributed by atoms with Crippen molar-refractivity contribution in [2.45, 2.75) is 46.1 Å². The van der Waals surface area contributed by atoms with E-state index >= 15 is 0 Å². The van der Waals surface area contributed by atoms with E-state index in [1.807, 2.05) is 18.9 Å². The number of aromatic nitrogens is 2. The van der Waals surface area contributed by atoms with Gasteiger partial charge in [-0.15, -0.1) is 0 Å². The quantitative estimate of drug-likeness (QED) is 0.844. The topological polar surface area (TPSA) is 49.3 Å². The van der Waals surface area contributed by atoms with Crippen molar-refractivity contribution in [3.05, 3.63) is 17.6 Å². The molecule has 1 aliphatic heterocycles. The molecule has 0 spiro atoms. The molecular formula is C15H24N4O. The lowest BCUT2D eigenvalue weighted by atomic mass is 10.0. The number of nitrogens with zero attached hydrogens (tertiary/aromatic N) is 4. The molecule has 1 aliphatic rings. The van der Waals surface area contributed by atoms with Gasteiger partial charge in [0.2, 0.25) is 5.91 Å². The second-order valence-electron chi connectivity index (χ2n) is 5.47. The molecule has 0 unspecified atom stereocenters. The van der Waals surface area contributed by atoms with Gasteiger partial charge in [-0.1, -0.05) is 6.92 Å². The van der Waals surface area contributed by atoms with E-state index in [-0.39, 0.29) is 5.91 Å². The van der Waals surface area contributed by atoms with Gasteiger partial charge in [-0.3, -0.25) is 4.79 Å². The molecule has 2 heterocycles. The predicted molar refractivity (Wildman–Crippen MR) is 79.8 cm³/mol. The number of anilines is 1. The predicted octanol–water partition coefficient (Wildman–Crippen LogP) is 1.79. The largest absolute Gasteiger partial charge is 0.356 e. The summed E-state index contributed by atoms with van der Waals surface area (Å²) in [6.07, 6.45) is 2.93. The van der Waals surface area contributed by atoms with E-state index in [0.717, 1.165) is 49.7 Å². The second kappa shape index (κ2) is 6.20. The minimum atomic E-state index is 0.148. The summed E-state index contributed by atoms with van der Waals surface area (Å²) in [5, 5.41) is 0. The van der Waals surface area contributed by atoms with Gasteiger partial charge in [-0.05, 0) is 26.2 Å². The molecule has 5 nitrogen and oxygen atoms in total. The second-order valence-corrected chi connectivity index (χ2v) is 5.47. The SMILES string of the molecule is CCc1cc(N2CCC(N(C)C(C)=O)CC2)nc(C)n1. The van der Waals surface area contributed by atoms with Gasteiger partial charge in [0.15, 0.2) is 0 Å². The third-order valence-corrected chi connectivity index (χ3v) is 4.07. The first-order valence-electron chi connectivity index (χ1n) is 7.34. The fourth-order valence-electron chi connectivity index (χ4n) is 2.69. The summed E-state index contributed by atoms with van der Waals surface area (Å²) in [7, 11) is 1.90. The third kappa shape index (κ3) is 3.26. The monoisotopic (exact) mass is 276 g/mol. The van der Waals surface area contributed by atoms with Crippen molar-refractivity contribution in [1.29, 1.82) is 0 Å². The van der Waals surface area contributed by atoms with E-state index in [0.29, 0.717) is 6.04 Å². The Hall–Kier alpha value is -1.65. The van der Waals surface area contributed by atoms with Crippen LogP contribution in [0.3, 0.4) is 0 Å². The Morgan fingerprint density at radius 1 is 1.40 bits per heavy atom. The maximum atomic E-state index is 11.4. The molecule has 0 atom stereocenters. The van der Waals surface area contributed by atoms with E-state index in [2.05, 4.69) is 27.9 Å². The van der Waals surface area contributed by atoms with Crippen LogP contribution in [0.2, 0.25) is 0 Å². The normalized spacial score (nSPS) is 16.3. The van der Waals surface area contributed by atoms with Crippen molar-refractivity contribution in [2.24, 2.45) is 0 Å². The average Bonchev–Trinajstić information content (AvgIpc) is 2.45. The molecule has 2 rings (SSSR count). The molecule has 1 fully saturated rings. The summed E-state index contributed by atoms with van der Waals surface area (Å²) in [5.41, 5.74) is 1.09. The molecule has 0 bridgehead atoms. The summed E-state index contributed by atoms with van der Waals surface area (Å²) in [6, 6.07) is 2.44. The zero-order valence-corrected chi connectivity index (χ0v) is 12.9. The van der Waals surface area contributed by atoms with Crippen molar-refractivity contribution >= 4 is 11.7 Å². The van der Waals surface area contributed by atoms with Crippen LogP contribution in [0.5, 0.6) is 0 Å². The summed E-state index contributed by atoms with van der Waals surface area (Å²) < 4.78 is 0. The van der Waals surface area contributed by atoms with Crippen LogP contribution >= 0.6 is 0 Å². The third-order valence-electron chi connectivity index (χ3n) is 4.07. The Labute approximate surface area is 121 Å². The van der Waals surface area contributed by atoms with Gasteiger partial charge in [0.25, 0.3) is 0 Å². The van der Waals surface area contributed by atoms with Crippen LogP contribution in [0.4, 0.5) is 5.82 Å². The van der Waals surface area contributed by atoms with Crippen molar-refractivity contribution in [3.63, 3.8) is 0 Å². The fourth-order valence-corrected chi connectivity index (χ4v) is 2.69. The van der Waals surface area contributed by atoms with Crippen LogP contribution in [0.25, 0.3) is 0 Å². The molecule has 0 N–H and O–H groups in total. The smallest absolute Gasteiger partial charge is 0.219 e. The number of carbonyl (C=O) groups excluding carboxylic acids is 1. The van der Waals surface area contributed by atoms with E-state index < -0.39 is 0 Å². The molecular weight excluding hydrogens is 252 g/mol. The Morgan fingerprint density at radius 3 is 2.60 bits per heavy atom. The number of piperidine rings is 1. The Bertz CT molecular complexity index is 481. The first-order valence-corrected chi connectivity index (χ1v) is 7.34. The fraction of sp³-hybridized carbons (Fsp3) is 0.667. The molecule has 0 saturated carbocycles. The lowest BCUT2D eigenvalue weighted by Crippen LogP contribution is -2.45. The highest BCUT2D eigenvalue weighted by atomic mass is 16.2. The molecule has 1 amide bonds. The summed E-state index contributed by atoms with van der Waals surface area (Å²) in [5.74, 6) is 2.01. The van der Waals surface area contributed by atoms with Gasteiger partial charge in [0.05, 0.1) is 0 Å². The molecule has 0 aliphatic carbocycles. The van der Waals surface area contributed by atoms with Crippen LogP contribution in [0, 0.1) is 6.92 Å². The zero-order valence-electron chi connectivity index (χ0n) is 12.9. The molecule has 5 heteroatoms. The van der Waals surface area contributed by atoms with Crippen molar-refractivity contribution in [3.8, 4) is 0 Å². The van der Waals surface area contributed by atoms with Crippen LogP contribution in [-0.2, 0) is 11.2 Å². The number of amides is 1. The highest BCUT2D eigenvalue weighted by Gasteiger charge is 2.24. The minimum absolute atomic E-state index is 0.148. The molecule has 20 heavy (non-hydrogen) atoms. The zero-order chi connectivity index (χ0) is 14.7. The number of carbonyl (C=O) groups is 1. The van der Waals surface area contributed by atoms with Crippen molar-refractivity contribution in [1.82, 2.24) is 14.9 Å². The van der Waals surface area contributed by atoms with Crippen LogP contribution in [-0.4, -0.2) is 47.0 Å². The maximum Gasteiger partial charge on any atom is 0.219 e. The van der Waals surface area contributed by atoms with E-state index in [4.69, 9.17) is 0 Å². The Kier molecular flexibility index (Phi) is 4.57. The number of hydrogen-bond acceptors (Lipinski definition) is 4. The Morgan fingerprint density at radius 2 is 2.05 bits per heavy atom. The number of aryl methyl sites for hydroxylation is 2. The van der Waals surface area contributed by atoms with Gasteiger partial charge in [-0.2, -0.15) is 0 Å². The lowest BCUT2D eigenvalue weighted by molar-refractivity contribution is -0.129. The van der Waals surface area contributed by atoms with Gasteiger partial charge in [0.1, 0.15) is 11.6 Å². The average molecular weight is 276 g/mol. The standard InChI is InChI=1S/C15H24N4O/c1-5-13-10-15(17-11(2)16-13)19-8-6-14(7-9-19)18(4)12(3)20/h10,14H,5-9H2,1-4H3. The minimum Gasteiger partial charge on any atom is -0.356 e. The Balaban J connectivity index is 2.03. The van der Waals surface area contributed by atoms with Crippen LogP contribution < -0.4 is 4.90 Å². The molecule has 0 aromatic carbocycles. The van der Waals surface area contributed by atoms with Gasteiger partial charge < -0.3 is 9.80 Å².